The van der Waals surface area contributed by atoms with Gasteiger partial charge in [-0.3, -0.25) is 5.73 Å². The van der Waals surface area contributed by atoms with E-state index in [0.29, 0.717) is 0 Å². The minimum atomic E-state index is -3.70. The second-order valence-electron chi connectivity index (χ2n) is 3.28. The lowest BCUT2D eigenvalue weighted by Crippen LogP contribution is -2.52. The number of rotatable bonds is 0. The van der Waals surface area contributed by atoms with Gasteiger partial charge in [0.25, 0.3) is 11.8 Å². The summed E-state index contributed by atoms with van der Waals surface area (Å²) in [6.45, 7) is 0. The molecule has 0 aliphatic heterocycles. The largest absolute Gasteiger partial charge is 0.299 e. The van der Waals surface area contributed by atoms with E-state index in [-0.39, 0.29) is 0 Å². The summed E-state index contributed by atoms with van der Waals surface area (Å²) < 4.78 is 62.3. The number of alkyl halides is 5. The minimum Gasteiger partial charge on any atom is -0.299 e. The lowest BCUT2D eigenvalue weighted by atomic mass is 9.87. The molecule has 2 N–H and O–H groups in total. The monoisotopic (exact) mass is 189 g/mol. The van der Waals surface area contributed by atoms with E-state index in [4.69, 9.17) is 0 Å². The number of hydrogen-bond acceptors (Lipinski definition) is 1. The van der Waals surface area contributed by atoms with Crippen molar-refractivity contribution >= 4 is 0 Å². The van der Waals surface area contributed by atoms with Gasteiger partial charge in [0.2, 0.25) is 0 Å². The van der Waals surface area contributed by atoms with Crippen molar-refractivity contribution in [2.24, 2.45) is 5.73 Å². The zero-order valence-corrected chi connectivity index (χ0v) is 6.09. The molecular weight excluding hydrogens is 181 g/mol. The molecule has 72 valence electrons. The van der Waals surface area contributed by atoms with Gasteiger partial charge >= 0.3 is 0 Å². The first kappa shape index (κ1) is 9.70. The number of nitrogens with two attached hydrogens (primary N) is 1. The molecule has 0 saturated heterocycles. The van der Waals surface area contributed by atoms with Crippen LogP contribution < -0.4 is 5.73 Å². The molecule has 1 saturated carbocycles. The Morgan fingerprint density at radius 3 is 1.33 bits per heavy atom. The quantitative estimate of drug-likeness (QED) is 0.458. The summed E-state index contributed by atoms with van der Waals surface area (Å²) in [6, 6.07) is 0. The summed E-state index contributed by atoms with van der Waals surface area (Å²) in [5.41, 5.74) is 4.60. The van der Waals surface area contributed by atoms with Crippen LogP contribution in [0.3, 0.4) is 0 Å². The van der Waals surface area contributed by atoms with Crippen LogP contribution in [0.4, 0.5) is 22.0 Å². The minimum absolute atomic E-state index is 1.32. The van der Waals surface area contributed by atoms with E-state index >= 15 is 0 Å². The van der Waals surface area contributed by atoms with E-state index in [1.807, 2.05) is 0 Å². The zero-order valence-electron chi connectivity index (χ0n) is 6.09. The van der Waals surface area contributed by atoms with Gasteiger partial charge in [0, 0.05) is 0 Å². The number of hydrogen-bond donors (Lipinski definition) is 1. The van der Waals surface area contributed by atoms with Gasteiger partial charge < -0.3 is 0 Å². The van der Waals surface area contributed by atoms with Gasteiger partial charge in [0.1, 0.15) is 0 Å². The molecule has 1 fully saturated rings. The topological polar surface area (TPSA) is 26.0 Å². The fourth-order valence-electron chi connectivity index (χ4n) is 1.43. The van der Waals surface area contributed by atoms with Crippen LogP contribution >= 0.6 is 0 Å². The van der Waals surface area contributed by atoms with E-state index in [0.717, 1.165) is 0 Å². The van der Waals surface area contributed by atoms with Crippen LogP contribution in [-0.4, -0.2) is 17.6 Å². The normalized spacial score (nSPS) is 31.5. The lowest BCUT2D eigenvalue weighted by Gasteiger charge is -2.36. The Bertz CT molecular complexity index is 143. The average Bonchev–Trinajstić information content (AvgIpc) is 1.44. The molecule has 0 atom stereocenters. The second kappa shape index (κ2) is 2.31. The predicted octanol–water partition coefficient (Wildman–Crippen LogP) is 2.07. The zero-order chi connectivity index (χ0) is 9.62. The van der Waals surface area contributed by atoms with E-state index in [2.05, 4.69) is 5.73 Å². The molecule has 1 aliphatic rings. The van der Waals surface area contributed by atoms with Crippen molar-refractivity contribution in [3.05, 3.63) is 0 Å². The third-order valence-electron chi connectivity index (χ3n) is 1.62. The van der Waals surface area contributed by atoms with Crippen LogP contribution in [0.25, 0.3) is 0 Å². The van der Waals surface area contributed by atoms with Crippen molar-refractivity contribution in [1.82, 2.24) is 0 Å². The Morgan fingerprint density at radius 2 is 1.08 bits per heavy atom. The van der Waals surface area contributed by atoms with Gasteiger partial charge in [-0.2, -0.15) is 0 Å². The molecule has 0 unspecified atom stereocenters. The van der Waals surface area contributed by atoms with E-state index in [1.54, 1.807) is 0 Å². The maximum Gasteiger partial charge on any atom is 0.258 e. The molecule has 0 amide bonds. The first-order chi connectivity index (χ1) is 5.12. The van der Waals surface area contributed by atoms with Gasteiger partial charge in [-0.1, -0.05) is 0 Å². The summed E-state index contributed by atoms with van der Waals surface area (Å²) in [5.74, 6) is -10.4. The van der Waals surface area contributed by atoms with Crippen molar-refractivity contribution < 1.29 is 22.0 Å². The molecule has 0 bridgehead atoms. The average molecular weight is 189 g/mol. The third kappa shape index (κ3) is 2.30. The maximum atomic E-state index is 12.7. The van der Waals surface area contributed by atoms with Crippen LogP contribution in [0.2, 0.25) is 0 Å². The smallest absolute Gasteiger partial charge is 0.258 e. The molecule has 1 nitrogen and oxygen atoms in total. The first-order valence-electron chi connectivity index (χ1n) is 3.35. The van der Waals surface area contributed by atoms with E-state index < -0.39 is 36.9 Å². The molecule has 0 spiro atoms. The summed E-state index contributed by atoms with van der Waals surface area (Å²) >= 11 is 0. The predicted molar refractivity (Wildman–Crippen MR) is 31.8 cm³/mol. The highest BCUT2D eigenvalue weighted by atomic mass is 19.3. The van der Waals surface area contributed by atoms with Crippen molar-refractivity contribution in [2.45, 2.75) is 36.9 Å². The summed E-state index contributed by atoms with van der Waals surface area (Å²) in [6.07, 6.45) is -4.26. The van der Waals surface area contributed by atoms with Gasteiger partial charge in [-0.25, -0.2) is 22.0 Å². The van der Waals surface area contributed by atoms with Crippen LogP contribution in [-0.2, 0) is 0 Å². The van der Waals surface area contributed by atoms with Gasteiger partial charge in [0.15, 0.2) is 5.79 Å². The highest BCUT2D eigenvalue weighted by Crippen LogP contribution is 2.46. The lowest BCUT2D eigenvalue weighted by molar-refractivity contribution is -0.190. The molecular formula is C6H8F5N. The van der Waals surface area contributed by atoms with Crippen LogP contribution in [0.1, 0.15) is 19.3 Å². The molecule has 0 aromatic heterocycles. The van der Waals surface area contributed by atoms with Crippen LogP contribution in [0.15, 0.2) is 0 Å². The fraction of sp³-hybridized carbons (Fsp3) is 1.00. The standard InChI is InChI=1S/C6H8F5N/c7-4(8)1-5(9,10)3-6(11,12)2-4/h1-3,12H2. The first-order valence-corrected chi connectivity index (χ1v) is 3.35. The SMILES string of the molecule is NC1(F)CC(F)(F)CC(F)(F)C1. The summed E-state index contributed by atoms with van der Waals surface area (Å²) in [5, 5.41) is 0. The molecule has 12 heavy (non-hydrogen) atoms. The van der Waals surface area contributed by atoms with Gasteiger partial charge in [-0.15, -0.1) is 0 Å². The molecule has 0 aromatic carbocycles. The molecule has 0 radical (unpaired) electrons. The highest BCUT2D eigenvalue weighted by molar-refractivity contribution is 4.94. The number of halogens is 5. The van der Waals surface area contributed by atoms with Crippen LogP contribution in [0.5, 0.6) is 0 Å². The Hall–Kier alpha value is -0.390. The Balaban J connectivity index is 2.81. The molecule has 1 rings (SSSR count). The molecule has 1 aliphatic carbocycles. The van der Waals surface area contributed by atoms with Crippen molar-refractivity contribution in [3.8, 4) is 0 Å². The third-order valence-corrected chi connectivity index (χ3v) is 1.62. The highest BCUT2D eigenvalue weighted by Gasteiger charge is 2.56. The Kier molecular flexibility index (Phi) is 1.86. The van der Waals surface area contributed by atoms with Crippen molar-refractivity contribution in [2.75, 3.05) is 0 Å². The molecule has 0 aromatic rings. The summed E-state index contributed by atoms with van der Waals surface area (Å²) in [4.78, 5) is 0. The molecule has 0 heterocycles. The Morgan fingerprint density at radius 1 is 0.750 bits per heavy atom. The summed E-state index contributed by atoms with van der Waals surface area (Å²) in [7, 11) is 0. The van der Waals surface area contributed by atoms with Gasteiger partial charge in [0.05, 0.1) is 19.3 Å². The van der Waals surface area contributed by atoms with Gasteiger partial charge in [-0.05, 0) is 0 Å². The van der Waals surface area contributed by atoms with E-state index in [1.165, 1.54) is 0 Å². The van der Waals surface area contributed by atoms with Crippen molar-refractivity contribution in [1.29, 1.82) is 0 Å². The Labute approximate surface area is 65.7 Å². The second-order valence-corrected chi connectivity index (χ2v) is 3.28. The molecule has 6 heteroatoms. The maximum absolute atomic E-state index is 12.7. The van der Waals surface area contributed by atoms with E-state index in [9.17, 15) is 22.0 Å². The van der Waals surface area contributed by atoms with Crippen LogP contribution in [0, 0.1) is 0 Å². The fourth-order valence-corrected chi connectivity index (χ4v) is 1.43. The van der Waals surface area contributed by atoms with Crippen molar-refractivity contribution in [3.63, 3.8) is 0 Å².